The molecule has 0 aliphatic carbocycles. The molecule has 1 heterocycles. The van der Waals surface area contributed by atoms with Gasteiger partial charge in [-0.15, -0.1) is 0 Å². The second kappa shape index (κ2) is 4.70. The summed E-state index contributed by atoms with van der Waals surface area (Å²) in [5.74, 6) is -0.723. The first-order chi connectivity index (χ1) is 9.14. The second-order valence-corrected chi connectivity index (χ2v) is 8.05. The maximum absolute atomic E-state index is 12.4. The number of rotatable bonds is 3. The first kappa shape index (κ1) is 14.7. The largest absolute Gasteiger partial charge is 0.352 e. The Morgan fingerprint density at radius 2 is 1.95 bits per heavy atom. The van der Waals surface area contributed by atoms with Crippen LogP contribution >= 0.6 is 0 Å². The van der Waals surface area contributed by atoms with Crippen molar-refractivity contribution >= 4 is 21.5 Å². The molecule has 0 atom stereocenters. The van der Waals surface area contributed by atoms with E-state index >= 15 is 0 Å². The van der Waals surface area contributed by atoms with Gasteiger partial charge in [-0.25, -0.2) is 8.42 Å². The quantitative estimate of drug-likeness (QED) is 0.843. The molecule has 0 radical (unpaired) electrons. The van der Waals surface area contributed by atoms with Crippen molar-refractivity contribution in [3.63, 3.8) is 0 Å². The van der Waals surface area contributed by atoms with Gasteiger partial charge >= 0.3 is 0 Å². The molecule has 1 aliphatic rings. The van der Waals surface area contributed by atoms with E-state index in [0.717, 1.165) is 11.8 Å². The van der Waals surface area contributed by atoms with Gasteiger partial charge in [-0.2, -0.15) is 0 Å². The van der Waals surface area contributed by atoms with Gasteiger partial charge in [-0.05, 0) is 31.9 Å². The number of hydrogen-bond acceptors (Lipinski definition) is 4. The fourth-order valence-electron chi connectivity index (χ4n) is 2.07. The van der Waals surface area contributed by atoms with Gasteiger partial charge in [-0.1, -0.05) is 12.1 Å². The minimum Gasteiger partial charge on any atom is -0.352 e. The van der Waals surface area contributed by atoms with Crippen LogP contribution in [0, 0.1) is 0 Å². The van der Waals surface area contributed by atoms with Crippen LogP contribution in [-0.2, 0) is 16.3 Å². The van der Waals surface area contributed by atoms with Crippen molar-refractivity contribution in [3.8, 4) is 0 Å². The maximum atomic E-state index is 12.4. The van der Waals surface area contributed by atoms with E-state index in [-0.39, 0.29) is 11.5 Å². The molecule has 1 aromatic rings. The van der Waals surface area contributed by atoms with Crippen LogP contribution < -0.4 is 5.32 Å². The topological polar surface area (TPSA) is 80.3 Å². The molecule has 6 heteroatoms. The molecule has 0 saturated carbocycles. The third-order valence-corrected chi connectivity index (χ3v) is 5.81. The third kappa shape index (κ3) is 2.35. The number of hydrogen-bond donors (Lipinski definition) is 1. The van der Waals surface area contributed by atoms with Gasteiger partial charge in [0.15, 0.2) is 15.6 Å². The van der Waals surface area contributed by atoms with Gasteiger partial charge in [0.25, 0.3) is 5.91 Å². The zero-order valence-corrected chi connectivity index (χ0v) is 12.5. The lowest BCUT2D eigenvalue weighted by Crippen LogP contribution is -2.40. The van der Waals surface area contributed by atoms with Gasteiger partial charge < -0.3 is 5.32 Å². The zero-order chi connectivity index (χ0) is 15.1. The van der Waals surface area contributed by atoms with Crippen LogP contribution in [0.2, 0.25) is 0 Å². The molecular weight excluding hydrogens is 278 g/mol. The van der Waals surface area contributed by atoms with Crippen molar-refractivity contribution in [2.24, 2.45) is 0 Å². The number of nitrogens with one attached hydrogen (secondary N) is 1. The van der Waals surface area contributed by atoms with Crippen LogP contribution in [-0.4, -0.2) is 37.7 Å². The SMILES string of the molecule is CC(C)(C(=O)c1ccc2c(c1)C(=O)NCC2)S(C)(=O)=O. The molecular formula is C14H17NO4S. The smallest absolute Gasteiger partial charge is 0.251 e. The standard InChI is InChI=1S/C14H17NO4S/c1-14(2,20(3,18)19)12(16)10-5-4-9-6-7-15-13(17)11(9)8-10/h4-5,8H,6-7H2,1-3H3,(H,15,17). The monoisotopic (exact) mass is 295 g/mol. The molecule has 0 fully saturated rings. The lowest BCUT2D eigenvalue weighted by Gasteiger charge is -2.22. The highest BCUT2D eigenvalue weighted by Gasteiger charge is 2.39. The Kier molecular flexibility index (Phi) is 3.46. The van der Waals surface area contributed by atoms with E-state index in [1.165, 1.54) is 19.9 Å². The van der Waals surface area contributed by atoms with E-state index in [1.54, 1.807) is 12.1 Å². The molecule has 1 amide bonds. The molecule has 20 heavy (non-hydrogen) atoms. The summed E-state index contributed by atoms with van der Waals surface area (Å²) in [7, 11) is -3.53. The molecule has 0 bridgehead atoms. The summed E-state index contributed by atoms with van der Waals surface area (Å²) in [6.45, 7) is 3.34. The number of carbonyl (C=O) groups excluding carboxylic acids is 2. The van der Waals surface area contributed by atoms with E-state index in [1.807, 2.05) is 0 Å². The number of amides is 1. The van der Waals surface area contributed by atoms with E-state index in [9.17, 15) is 18.0 Å². The van der Waals surface area contributed by atoms with E-state index in [2.05, 4.69) is 5.32 Å². The Bertz CT molecular complexity index is 689. The van der Waals surface area contributed by atoms with E-state index in [4.69, 9.17) is 0 Å². The van der Waals surface area contributed by atoms with Gasteiger partial charge in [0.05, 0.1) is 0 Å². The summed E-state index contributed by atoms with van der Waals surface area (Å²) in [5, 5.41) is 2.70. The summed E-state index contributed by atoms with van der Waals surface area (Å²) < 4.78 is 21.9. The number of fused-ring (bicyclic) bond motifs is 1. The number of Topliss-reactive ketones (excluding diaryl/α,β-unsaturated/α-hetero) is 1. The van der Waals surface area contributed by atoms with Crippen molar-refractivity contribution in [2.75, 3.05) is 12.8 Å². The molecule has 1 aromatic carbocycles. The summed E-state index contributed by atoms with van der Waals surface area (Å²) in [5.41, 5.74) is 1.57. The van der Waals surface area contributed by atoms with Gasteiger partial charge in [0, 0.05) is 23.9 Å². The molecule has 0 unspecified atom stereocenters. The Balaban J connectivity index is 2.47. The summed E-state index contributed by atoms with van der Waals surface area (Å²) in [6.07, 6.45) is 1.75. The van der Waals surface area contributed by atoms with Crippen molar-refractivity contribution in [2.45, 2.75) is 25.0 Å². The zero-order valence-electron chi connectivity index (χ0n) is 11.7. The number of ketones is 1. The van der Waals surface area contributed by atoms with Gasteiger partial charge in [0.2, 0.25) is 0 Å². The van der Waals surface area contributed by atoms with Crippen LogP contribution in [0.4, 0.5) is 0 Å². The fourth-order valence-corrected chi connectivity index (χ4v) is 2.52. The average molecular weight is 295 g/mol. The Labute approximate surface area is 118 Å². The normalized spacial score (nSPS) is 15.4. The highest BCUT2D eigenvalue weighted by molar-refractivity contribution is 7.92. The Hall–Kier alpha value is -1.69. The van der Waals surface area contributed by atoms with E-state index in [0.29, 0.717) is 18.5 Å². The Morgan fingerprint density at radius 3 is 2.55 bits per heavy atom. The molecule has 0 spiro atoms. The van der Waals surface area contributed by atoms with Crippen LogP contribution in [0.15, 0.2) is 18.2 Å². The number of sulfone groups is 1. The van der Waals surface area contributed by atoms with E-state index < -0.39 is 20.4 Å². The maximum Gasteiger partial charge on any atom is 0.251 e. The predicted molar refractivity (Wildman–Crippen MR) is 75.7 cm³/mol. The third-order valence-electron chi connectivity index (χ3n) is 3.77. The first-order valence-corrected chi connectivity index (χ1v) is 8.19. The summed E-state index contributed by atoms with van der Waals surface area (Å²) >= 11 is 0. The molecule has 5 nitrogen and oxygen atoms in total. The lowest BCUT2D eigenvalue weighted by molar-refractivity contribution is 0.0946. The molecule has 1 N–H and O–H groups in total. The lowest BCUT2D eigenvalue weighted by atomic mass is 9.93. The minimum atomic E-state index is -3.53. The average Bonchev–Trinajstić information content (AvgIpc) is 2.36. The van der Waals surface area contributed by atoms with Crippen LogP contribution in [0.3, 0.4) is 0 Å². The summed E-state index contributed by atoms with van der Waals surface area (Å²) in [6, 6.07) is 4.80. The van der Waals surface area contributed by atoms with Crippen molar-refractivity contribution in [1.82, 2.24) is 5.32 Å². The minimum absolute atomic E-state index is 0.224. The highest BCUT2D eigenvalue weighted by atomic mass is 32.2. The van der Waals surface area contributed by atoms with Gasteiger partial charge in [0.1, 0.15) is 4.75 Å². The van der Waals surface area contributed by atoms with Gasteiger partial charge in [-0.3, -0.25) is 9.59 Å². The summed E-state index contributed by atoms with van der Waals surface area (Å²) in [4.78, 5) is 24.2. The molecule has 0 aromatic heterocycles. The van der Waals surface area contributed by atoms with Crippen molar-refractivity contribution in [1.29, 1.82) is 0 Å². The number of carbonyl (C=O) groups is 2. The van der Waals surface area contributed by atoms with Crippen LogP contribution in [0.1, 0.15) is 40.1 Å². The molecule has 1 aliphatic heterocycles. The second-order valence-electron chi connectivity index (χ2n) is 5.49. The molecule has 2 rings (SSSR count). The number of benzene rings is 1. The van der Waals surface area contributed by atoms with Crippen molar-refractivity contribution < 1.29 is 18.0 Å². The van der Waals surface area contributed by atoms with Crippen molar-refractivity contribution in [3.05, 3.63) is 34.9 Å². The fraction of sp³-hybridized carbons (Fsp3) is 0.429. The first-order valence-electron chi connectivity index (χ1n) is 6.30. The molecule has 108 valence electrons. The van der Waals surface area contributed by atoms with Crippen LogP contribution in [0.25, 0.3) is 0 Å². The molecule has 0 saturated heterocycles. The highest BCUT2D eigenvalue weighted by Crippen LogP contribution is 2.24. The predicted octanol–water partition coefficient (Wildman–Crippen LogP) is 0.978. The van der Waals surface area contributed by atoms with Crippen LogP contribution in [0.5, 0.6) is 0 Å². The Morgan fingerprint density at radius 1 is 1.30 bits per heavy atom.